The number of hydrogen-bond donors (Lipinski definition) is 4. The van der Waals surface area contributed by atoms with Gasteiger partial charge in [-0.1, -0.05) is 80.6 Å². The summed E-state index contributed by atoms with van der Waals surface area (Å²) >= 11 is 7.68. The molecule has 4 aliphatic carbocycles. The summed E-state index contributed by atoms with van der Waals surface area (Å²) in [5, 5.41) is 13.0. The van der Waals surface area contributed by atoms with Gasteiger partial charge in [0.1, 0.15) is 22.9 Å². The smallest absolute Gasteiger partial charge is 0.261 e. The van der Waals surface area contributed by atoms with Crippen LogP contribution in [0.1, 0.15) is 220 Å². The van der Waals surface area contributed by atoms with E-state index in [-0.39, 0.29) is 89.4 Å². The zero-order valence-electron chi connectivity index (χ0n) is 77.2. The predicted octanol–water partition coefficient (Wildman–Crippen LogP) is 22.5. The maximum Gasteiger partial charge on any atom is 0.261 e. The Morgan fingerprint density at radius 3 is 1.14 bits per heavy atom. The molecule has 8 heterocycles. The van der Waals surface area contributed by atoms with Gasteiger partial charge in [0.25, 0.3) is 29.5 Å². The molecule has 4 N–H and O–H groups in total. The van der Waals surface area contributed by atoms with Crippen molar-refractivity contribution in [2.45, 2.75) is 210 Å². The Morgan fingerprint density at radius 2 is 0.765 bits per heavy atom. The van der Waals surface area contributed by atoms with Crippen molar-refractivity contribution in [2.24, 2.45) is 0 Å². The predicted molar refractivity (Wildman–Crippen MR) is 541 cm³/mol. The van der Waals surface area contributed by atoms with E-state index in [9.17, 15) is 33.6 Å². The molecule has 4 aliphatic rings. The van der Waals surface area contributed by atoms with E-state index in [1.165, 1.54) is 40.2 Å². The van der Waals surface area contributed by atoms with Gasteiger partial charge in [-0.25, -0.2) is 19.9 Å². The lowest BCUT2D eigenvalue weighted by Crippen LogP contribution is -2.39. The van der Waals surface area contributed by atoms with E-state index in [1.54, 1.807) is 54.5 Å². The van der Waals surface area contributed by atoms with Crippen molar-refractivity contribution < 1.29 is 33.6 Å². The number of fused-ring (bicyclic) bond motifs is 4. The number of aromatic nitrogens is 11. The highest BCUT2D eigenvalue weighted by molar-refractivity contribution is 8.03. The van der Waals surface area contributed by atoms with Crippen molar-refractivity contribution in [3.63, 3.8) is 0 Å². The quantitative estimate of drug-likeness (QED) is 0.0235. The number of allylic oxidation sites excluding steroid dienone is 3. The van der Waals surface area contributed by atoms with Crippen LogP contribution in [0.4, 0.5) is 0 Å². The molecule has 28 heteroatoms. The molecule has 0 radical (unpaired) electrons. The number of nitrogens with zero attached hydrogens (tertiary/aromatic N) is 12. The number of thiophene rings is 1. The zero-order chi connectivity index (χ0) is 93.1. The molecule has 8 unspecified atom stereocenters. The number of aryl methyl sites for hydroxylation is 1. The summed E-state index contributed by atoms with van der Waals surface area (Å²) in [5.41, 5.74) is 13.2. The molecule has 0 aliphatic heterocycles. The van der Waals surface area contributed by atoms with Crippen LogP contribution in [0.15, 0.2) is 226 Å². The number of ketones is 2. The minimum absolute atomic E-state index is 0.00110. The van der Waals surface area contributed by atoms with E-state index < -0.39 is 0 Å². The van der Waals surface area contributed by atoms with Crippen LogP contribution in [0.5, 0.6) is 0 Å². The molecule has 0 saturated heterocycles. The number of imidazole rings is 4. The third-order valence-electron chi connectivity index (χ3n) is 25.1. The van der Waals surface area contributed by atoms with Gasteiger partial charge in [-0.2, -0.15) is 0 Å². The van der Waals surface area contributed by atoms with Gasteiger partial charge >= 0.3 is 0 Å². The number of hydrogen-bond acceptors (Lipinski definition) is 19. The number of nitrogens with one attached hydrogen (secondary N) is 4. The largest absolute Gasteiger partial charge is 0.349 e. The molecule has 5 aromatic carbocycles. The lowest BCUT2D eigenvalue weighted by molar-refractivity contribution is -0.118. The van der Waals surface area contributed by atoms with E-state index >= 15 is 0 Å². The molecule has 0 bridgehead atoms. The molecule has 4 fully saturated rings. The Kier molecular flexibility index (Phi) is 33.4. The minimum Gasteiger partial charge on any atom is -0.349 e. The third kappa shape index (κ3) is 22.7. The van der Waals surface area contributed by atoms with Crippen molar-refractivity contribution in [3.8, 4) is 45.9 Å². The molecular weight excluding hydrogens is 1750 g/mol. The van der Waals surface area contributed by atoms with Gasteiger partial charge in [-0.3, -0.25) is 48.5 Å². The van der Waals surface area contributed by atoms with E-state index in [0.29, 0.717) is 29.5 Å². The summed E-state index contributed by atoms with van der Waals surface area (Å²) in [6.07, 6.45) is 35.3. The number of rotatable bonds is 25. The second-order valence-electron chi connectivity index (χ2n) is 33.9. The fraction of sp³-hybridized carbons (Fsp3) is 0.365. The Hall–Kier alpha value is -11.6. The van der Waals surface area contributed by atoms with Crippen molar-refractivity contribution in [1.29, 1.82) is 0 Å². The number of carbonyl (C=O) groups excluding carboxylic acids is 7. The van der Waals surface area contributed by atoms with Crippen LogP contribution >= 0.6 is 58.4 Å². The molecule has 8 aromatic heterocycles. The topological polar surface area (TPSA) is 281 Å². The van der Waals surface area contributed by atoms with Crippen LogP contribution in [-0.4, -0.2) is 162 Å². The van der Waals surface area contributed by atoms with Gasteiger partial charge in [0, 0.05) is 126 Å². The highest BCUT2D eigenvalue weighted by Crippen LogP contribution is 2.43. The molecule has 17 rings (SSSR count). The van der Waals surface area contributed by atoms with Gasteiger partial charge in [-0.05, 0) is 277 Å². The molecule has 132 heavy (non-hydrogen) atoms. The highest BCUT2D eigenvalue weighted by Gasteiger charge is 2.35. The molecule has 8 atom stereocenters. The molecule has 686 valence electrons. The van der Waals surface area contributed by atoms with E-state index in [4.69, 9.17) is 19.9 Å². The first-order valence-corrected chi connectivity index (χ1v) is 51.5. The van der Waals surface area contributed by atoms with Crippen molar-refractivity contribution in [3.05, 3.63) is 248 Å². The monoisotopic (exact) mass is 1860 g/mol. The first-order valence-electron chi connectivity index (χ1n) is 45.8. The number of amides is 5. The van der Waals surface area contributed by atoms with Crippen LogP contribution in [0, 0.1) is 6.92 Å². The van der Waals surface area contributed by atoms with Gasteiger partial charge in [0.2, 0.25) is 0 Å². The molecule has 13 aromatic rings. The van der Waals surface area contributed by atoms with Crippen molar-refractivity contribution >= 4 is 144 Å². The lowest BCUT2D eigenvalue weighted by Gasteiger charge is -2.32. The summed E-state index contributed by atoms with van der Waals surface area (Å²) in [7, 11) is 3.49. The first-order chi connectivity index (χ1) is 64.2. The standard InChI is InChI=1S/C28H33N3O2S2.C26H31N5O2S.C26H30N4O2S.C24H24N4OS/c1-5-24(32)18-14-15-23-22(16-18)30-27(21-12-7-8-13-26(21)35-4)31(23)20-11-9-10-19(17-20)29-28(33)25(6-2)34-3;1-5-23(34-4)25(32)28-18-9-8-10-19(16-18)31-22-13-12-17(26(33)30(2)3)15-21(22)29-24(31)20-11-6-7-14-27-20;1-4-23(31)17-12-13-22-21(15-17)29-25(20-11-6-7-14-27-20)30(22)19-10-8-9-18(16-19)28-26(32)24(5-2)33-3;1-16-12-13-22(30-16)24(29)26-17-7-6-8-18(15-17)28-21-11-3-2-9-19(21)27-23(28)20-10-4-5-14-25-20/h6-8,12-16,19-20H,5,9-11,17H2,1-4H3,(H,29,33);5-7,11-15,18-19H,8-10,16H2,1-4H3,(H,28,32);5-7,11-15,18-19H,4,8-10,16H2,1-3H3,(H,28,32);2-5,9-14,17-18H,6-8,15H2,1H3,(H,26,29)/b25-6-;23-5-;24-5-;. The van der Waals surface area contributed by atoms with E-state index in [0.717, 1.165) is 217 Å². The fourth-order valence-corrected chi connectivity index (χ4v) is 21.5. The van der Waals surface area contributed by atoms with Gasteiger partial charge in [0.05, 0.1) is 63.7 Å². The normalized spacial score (nSPS) is 18.8. The Morgan fingerprint density at radius 1 is 0.409 bits per heavy atom. The maximum atomic E-state index is 12.7. The molecule has 4 saturated carbocycles. The Balaban J connectivity index is 0.000000142. The highest BCUT2D eigenvalue weighted by atomic mass is 32.2. The van der Waals surface area contributed by atoms with Crippen LogP contribution < -0.4 is 21.3 Å². The van der Waals surface area contributed by atoms with Crippen molar-refractivity contribution in [2.75, 3.05) is 39.1 Å². The second-order valence-corrected chi connectivity index (χ2v) is 38.5. The van der Waals surface area contributed by atoms with E-state index in [2.05, 4.69) is 103 Å². The second kappa shape index (κ2) is 45.7. The molecule has 23 nitrogen and oxygen atoms in total. The van der Waals surface area contributed by atoms with Crippen LogP contribution in [0.3, 0.4) is 0 Å². The van der Waals surface area contributed by atoms with Crippen LogP contribution in [-0.2, 0) is 14.4 Å². The summed E-state index contributed by atoms with van der Waals surface area (Å²) in [4.78, 5) is 128. The number of para-hydroxylation sites is 2. The Bertz CT molecular complexity index is 6370. The summed E-state index contributed by atoms with van der Waals surface area (Å²) in [6.45, 7) is 11.5. The van der Waals surface area contributed by atoms with Gasteiger partial charge in [-0.15, -0.1) is 58.4 Å². The van der Waals surface area contributed by atoms with Gasteiger partial charge < -0.3 is 44.4 Å². The SMILES string of the molecule is C/C=C(\SC)C(=O)NC1CCCC(n2c(-c3ccccc3SC)nc3cc(C(=O)CC)ccc32)C1.C/C=C(\SC)C(=O)NC1CCCC(n2c(-c3ccccn3)nc3cc(C(=O)CC)ccc32)C1.C/C=C(\SC)C(=O)NC1CCCC(n2c(-c3ccccn3)nc3cc(C(=O)N(C)C)ccc32)C1.Cc1ccc(C(=O)NC2CCCC(n3c(-c4ccccn4)nc4ccccc43)C2)s1. The number of pyridine rings is 3. The van der Waals surface area contributed by atoms with Crippen LogP contribution in [0.2, 0.25) is 0 Å². The van der Waals surface area contributed by atoms with Crippen molar-refractivity contribution in [1.82, 2.24) is 79.3 Å². The molecular formula is C104H118N16O7S5. The lowest BCUT2D eigenvalue weighted by atomic mass is 9.90. The first kappa shape index (κ1) is 96.5. The number of thioether (sulfide) groups is 4. The third-order valence-corrected chi connectivity index (χ3v) is 29.5. The molecule has 0 spiro atoms. The Labute approximate surface area is 794 Å². The average molecular weight is 1860 g/mol. The minimum atomic E-state index is -0.0511. The molecule has 5 amide bonds. The number of Topliss-reactive ketones (excluding diaryl/α,β-unsaturated/α-hetero) is 2. The van der Waals surface area contributed by atoms with Crippen LogP contribution in [0.25, 0.3) is 90.1 Å². The van der Waals surface area contributed by atoms with E-state index in [1.807, 2.05) is 212 Å². The maximum absolute atomic E-state index is 12.7. The zero-order valence-corrected chi connectivity index (χ0v) is 81.3. The average Bonchev–Trinajstić information content (AvgIpc) is 1.63. The summed E-state index contributed by atoms with van der Waals surface area (Å²) in [5.74, 6) is 3.67. The number of benzene rings is 5. The number of carbonyl (C=O) groups is 7. The summed E-state index contributed by atoms with van der Waals surface area (Å²) < 4.78 is 9.21. The van der Waals surface area contributed by atoms with Gasteiger partial charge in [0.15, 0.2) is 29.0 Å². The summed E-state index contributed by atoms with van der Waals surface area (Å²) in [6, 6.07) is 56.8. The fourth-order valence-electron chi connectivity index (χ4n) is 18.7.